The van der Waals surface area contributed by atoms with E-state index in [4.69, 9.17) is 10.5 Å². The highest BCUT2D eigenvalue weighted by molar-refractivity contribution is 5.68. The van der Waals surface area contributed by atoms with Crippen molar-refractivity contribution in [1.29, 1.82) is 0 Å². The first-order valence-corrected chi connectivity index (χ1v) is 9.21. The van der Waals surface area contributed by atoms with E-state index < -0.39 is 5.60 Å². The van der Waals surface area contributed by atoms with Gasteiger partial charge in [-0.3, -0.25) is 4.98 Å². The van der Waals surface area contributed by atoms with Gasteiger partial charge in [-0.2, -0.15) is 0 Å². The summed E-state index contributed by atoms with van der Waals surface area (Å²) in [6.07, 6.45) is 4.83. The normalized spacial score (nSPS) is 14.9. The summed E-state index contributed by atoms with van der Waals surface area (Å²) < 4.78 is 5.56. The lowest BCUT2D eigenvalue weighted by Crippen LogP contribution is -2.39. The van der Waals surface area contributed by atoms with Gasteiger partial charge in [0.25, 0.3) is 0 Å². The van der Waals surface area contributed by atoms with E-state index in [1.807, 2.05) is 32.9 Å². The zero-order valence-corrected chi connectivity index (χ0v) is 15.8. The Balaban J connectivity index is 1.93. The molecule has 0 spiro atoms. The van der Waals surface area contributed by atoms with Gasteiger partial charge in [0, 0.05) is 19.3 Å². The van der Waals surface area contributed by atoms with Crippen LogP contribution in [-0.4, -0.2) is 52.7 Å². The van der Waals surface area contributed by atoms with Crippen LogP contribution < -0.4 is 5.73 Å². The molecule has 6 nitrogen and oxygen atoms in total. The molecule has 1 aliphatic rings. The van der Waals surface area contributed by atoms with Crippen molar-refractivity contribution in [2.24, 2.45) is 5.73 Å². The van der Waals surface area contributed by atoms with E-state index in [1.165, 1.54) is 19.5 Å². The first-order valence-electron chi connectivity index (χ1n) is 9.21. The molecule has 2 N–H and O–H groups in total. The number of carbonyl (C=O) groups is 1. The molecule has 0 unspecified atom stereocenters. The van der Waals surface area contributed by atoms with Gasteiger partial charge in [0.2, 0.25) is 0 Å². The highest BCUT2D eigenvalue weighted by Crippen LogP contribution is 2.14. The predicted molar refractivity (Wildman–Crippen MR) is 99.1 cm³/mol. The molecule has 1 saturated heterocycles. The van der Waals surface area contributed by atoms with Gasteiger partial charge in [-0.05, 0) is 77.4 Å². The SMILES string of the molecule is CC(C)(C)OC(=O)N(CCCCN1CCC1)Cc1cc(CN)ccn1. The zero-order chi connectivity index (χ0) is 18.3. The molecule has 0 saturated carbocycles. The van der Waals surface area contributed by atoms with Gasteiger partial charge in [0.1, 0.15) is 5.60 Å². The summed E-state index contributed by atoms with van der Waals surface area (Å²) in [5.41, 5.74) is 7.06. The third kappa shape index (κ3) is 7.00. The van der Waals surface area contributed by atoms with E-state index in [0.717, 1.165) is 30.6 Å². The minimum absolute atomic E-state index is 0.281. The fraction of sp³-hybridized carbons (Fsp3) is 0.684. The number of nitrogens with two attached hydrogens (primary N) is 1. The summed E-state index contributed by atoms with van der Waals surface area (Å²) in [5, 5.41) is 0. The Bertz CT molecular complexity index is 553. The molecule has 140 valence electrons. The highest BCUT2D eigenvalue weighted by Gasteiger charge is 2.22. The van der Waals surface area contributed by atoms with E-state index in [1.54, 1.807) is 11.1 Å². The van der Waals surface area contributed by atoms with Crippen molar-refractivity contribution in [2.75, 3.05) is 26.2 Å². The first kappa shape index (κ1) is 19.7. The molecule has 1 fully saturated rings. The number of hydrogen-bond acceptors (Lipinski definition) is 5. The van der Waals surface area contributed by atoms with Crippen LogP contribution in [0, 0.1) is 0 Å². The summed E-state index contributed by atoms with van der Waals surface area (Å²) >= 11 is 0. The average Bonchev–Trinajstić information content (AvgIpc) is 2.50. The molecule has 1 aliphatic heterocycles. The largest absolute Gasteiger partial charge is 0.444 e. The summed E-state index contributed by atoms with van der Waals surface area (Å²) in [6, 6.07) is 3.85. The van der Waals surface area contributed by atoms with Crippen LogP contribution >= 0.6 is 0 Å². The summed E-state index contributed by atoms with van der Waals surface area (Å²) in [4.78, 5) is 21.1. The molecule has 0 aliphatic carbocycles. The van der Waals surface area contributed by atoms with Gasteiger partial charge >= 0.3 is 6.09 Å². The second kappa shape index (κ2) is 9.15. The van der Waals surface area contributed by atoms with Gasteiger partial charge < -0.3 is 20.3 Å². The lowest BCUT2D eigenvalue weighted by molar-refractivity contribution is 0.0225. The molecule has 2 rings (SSSR count). The van der Waals surface area contributed by atoms with Gasteiger partial charge in [-0.1, -0.05) is 0 Å². The molecular weight excluding hydrogens is 316 g/mol. The maximum Gasteiger partial charge on any atom is 0.410 e. The van der Waals surface area contributed by atoms with Gasteiger partial charge in [0.15, 0.2) is 0 Å². The molecule has 25 heavy (non-hydrogen) atoms. The van der Waals surface area contributed by atoms with Gasteiger partial charge in [0.05, 0.1) is 12.2 Å². The standard InChI is InChI=1S/C19H32N4O2/c1-19(2,3)25-18(24)23(12-5-4-9-22-10-6-11-22)15-17-13-16(14-20)7-8-21-17/h7-8,13H,4-6,9-12,14-15,20H2,1-3H3. The summed E-state index contributed by atoms with van der Waals surface area (Å²) in [5.74, 6) is 0. The topological polar surface area (TPSA) is 71.7 Å². The number of nitrogens with zero attached hydrogens (tertiary/aromatic N) is 3. The van der Waals surface area contributed by atoms with Crippen molar-refractivity contribution in [1.82, 2.24) is 14.8 Å². The Morgan fingerprint density at radius 1 is 1.36 bits per heavy atom. The number of carbonyl (C=O) groups excluding carboxylic acids is 1. The third-order valence-electron chi connectivity index (χ3n) is 4.22. The van der Waals surface area contributed by atoms with Crippen molar-refractivity contribution in [3.63, 3.8) is 0 Å². The Morgan fingerprint density at radius 3 is 2.72 bits per heavy atom. The van der Waals surface area contributed by atoms with Crippen LogP contribution in [-0.2, 0) is 17.8 Å². The van der Waals surface area contributed by atoms with Crippen LogP contribution in [0.3, 0.4) is 0 Å². The summed E-state index contributed by atoms with van der Waals surface area (Å²) in [6.45, 7) is 10.8. The Kier molecular flexibility index (Phi) is 7.20. The van der Waals surface area contributed by atoms with E-state index in [9.17, 15) is 4.79 Å². The second-order valence-corrected chi connectivity index (χ2v) is 7.66. The average molecular weight is 348 g/mol. The lowest BCUT2D eigenvalue weighted by atomic mass is 10.2. The van der Waals surface area contributed by atoms with Crippen LogP contribution in [0.5, 0.6) is 0 Å². The number of rotatable bonds is 8. The fourth-order valence-corrected chi connectivity index (χ4v) is 2.74. The molecule has 1 aromatic rings. The molecule has 1 amide bonds. The van der Waals surface area contributed by atoms with E-state index in [2.05, 4.69) is 9.88 Å². The van der Waals surface area contributed by atoms with Crippen molar-refractivity contribution in [2.45, 2.75) is 58.7 Å². The van der Waals surface area contributed by atoms with Crippen molar-refractivity contribution in [3.8, 4) is 0 Å². The smallest absolute Gasteiger partial charge is 0.410 e. The highest BCUT2D eigenvalue weighted by atomic mass is 16.6. The monoisotopic (exact) mass is 348 g/mol. The fourth-order valence-electron chi connectivity index (χ4n) is 2.74. The lowest BCUT2D eigenvalue weighted by Gasteiger charge is -2.31. The van der Waals surface area contributed by atoms with Crippen LogP contribution in [0.4, 0.5) is 4.79 Å². The molecule has 6 heteroatoms. The maximum absolute atomic E-state index is 12.6. The van der Waals surface area contributed by atoms with Crippen LogP contribution in [0.15, 0.2) is 18.3 Å². The minimum atomic E-state index is -0.500. The van der Waals surface area contributed by atoms with Crippen molar-refractivity contribution >= 4 is 6.09 Å². The van der Waals surface area contributed by atoms with Crippen molar-refractivity contribution < 1.29 is 9.53 Å². The van der Waals surface area contributed by atoms with E-state index >= 15 is 0 Å². The van der Waals surface area contributed by atoms with Gasteiger partial charge in [-0.15, -0.1) is 0 Å². The molecule has 0 atom stereocenters. The molecule has 0 aromatic carbocycles. The van der Waals surface area contributed by atoms with Crippen LogP contribution in [0.2, 0.25) is 0 Å². The van der Waals surface area contributed by atoms with Crippen molar-refractivity contribution in [3.05, 3.63) is 29.6 Å². The molecule has 2 heterocycles. The van der Waals surface area contributed by atoms with Crippen LogP contribution in [0.1, 0.15) is 51.3 Å². The maximum atomic E-state index is 12.6. The number of ether oxygens (including phenoxy) is 1. The third-order valence-corrected chi connectivity index (χ3v) is 4.22. The van der Waals surface area contributed by atoms with E-state index in [0.29, 0.717) is 19.6 Å². The molecule has 0 bridgehead atoms. The summed E-state index contributed by atoms with van der Waals surface area (Å²) in [7, 11) is 0. The van der Waals surface area contributed by atoms with E-state index in [-0.39, 0.29) is 6.09 Å². The number of aromatic nitrogens is 1. The number of amides is 1. The predicted octanol–water partition coefficient (Wildman–Crippen LogP) is 2.76. The number of hydrogen-bond donors (Lipinski definition) is 1. The Morgan fingerprint density at radius 2 is 2.12 bits per heavy atom. The number of likely N-dealkylation sites (tertiary alicyclic amines) is 1. The second-order valence-electron chi connectivity index (χ2n) is 7.66. The number of unbranched alkanes of at least 4 members (excludes halogenated alkanes) is 1. The first-order chi connectivity index (χ1) is 11.9. The Labute approximate surface area is 151 Å². The van der Waals surface area contributed by atoms with Crippen LogP contribution in [0.25, 0.3) is 0 Å². The molecular formula is C19H32N4O2. The molecule has 0 radical (unpaired) electrons. The van der Waals surface area contributed by atoms with Gasteiger partial charge in [-0.25, -0.2) is 4.79 Å². The Hall–Kier alpha value is -1.66. The molecule has 1 aromatic heterocycles. The zero-order valence-electron chi connectivity index (χ0n) is 15.8. The number of pyridine rings is 1. The minimum Gasteiger partial charge on any atom is -0.444 e. The quantitative estimate of drug-likeness (QED) is 0.732.